The van der Waals surface area contributed by atoms with Gasteiger partial charge in [0.05, 0.1) is 22.4 Å². The molecule has 0 amide bonds. The molecular weight excluding hydrogens is 400 g/mol. The van der Waals surface area contributed by atoms with Crippen LogP contribution >= 0.6 is 0 Å². The number of aryl methyl sites for hydroxylation is 2. The molecule has 0 spiro atoms. The lowest BCUT2D eigenvalue weighted by molar-refractivity contribution is 0.584. The highest BCUT2D eigenvalue weighted by Gasteiger charge is 2.14. The van der Waals surface area contributed by atoms with Gasteiger partial charge in [-0.25, -0.2) is 9.51 Å². The van der Waals surface area contributed by atoms with Crippen molar-refractivity contribution in [1.29, 1.82) is 0 Å². The Balaban J connectivity index is 1.66. The van der Waals surface area contributed by atoms with Crippen molar-refractivity contribution in [2.24, 2.45) is 5.10 Å². The van der Waals surface area contributed by atoms with Crippen molar-refractivity contribution in [3.63, 3.8) is 0 Å². The Morgan fingerprint density at radius 1 is 0.967 bits per heavy atom. The van der Waals surface area contributed by atoms with Crippen molar-refractivity contribution in [3.8, 4) is 5.69 Å². The fraction of sp³-hybridized carbons (Fsp3) is 0.0909. The van der Waals surface area contributed by atoms with Crippen molar-refractivity contribution in [1.82, 2.24) is 14.6 Å². The van der Waals surface area contributed by atoms with E-state index in [2.05, 4.69) is 15.0 Å². The Hall–Kier alpha value is -3.65. The molecule has 1 aromatic heterocycles. The predicted molar refractivity (Wildman–Crippen MR) is 118 cm³/mol. The third-order valence-corrected chi connectivity index (χ3v) is 6.06. The lowest BCUT2D eigenvalue weighted by Crippen LogP contribution is -2.20. The number of nitrogens with zero attached hydrogens (tertiary/aromatic N) is 2. The Bertz CT molecular complexity index is 1410. The molecule has 152 valence electrons. The van der Waals surface area contributed by atoms with Crippen molar-refractivity contribution in [2.45, 2.75) is 18.7 Å². The zero-order valence-electron chi connectivity index (χ0n) is 16.5. The monoisotopic (exact) mass is 420 g/mol. The predicted octanol–water partition coefficient (Wildman–Crippen LogP) is 3.25. The third kappa shape index (κ3) is 3.65. The zero-order valence-corrected chi connectivity index (χ0v) is 17.3. The molecule has 0 aliphatic carbocycles. The normalized spacial score (nSPS) is 11.9. The van der Waals surface area contributed by atoms with Crippen LogP contribution in [0.1, 0.15) is 16.8 Å². The molecule has 7 nitrogen and oxygen atoms in total. The summed E-state index contributed by atoms with van der Waals surface area (Å²) in [5, 5.41) is 8.78. The van der Waals surface area contributed by atoms with E-state index in [0.717, 1.165) is 16.3 Å². The van der Waals surface area contributed by atoms with E-state index in [0.29, 0.717) is 11.4 Å². The number of H-pyrrole nitrogens is 1. The number of aromatic amines is 1. The molecule has 0 unspecified atom stereocenters. The second kappa shape index (κ2) is 7.64. The lowest BCUT2D eigenvalue weighted by Gasteiger charge is -2.06. The lowest BCUT2D eigenvalue weighted by atomic mass is 10.1. The number of hydrazone groups is 1. The van der Waals surface area contributed by atoms with E-state index in [9.17, 15) is 13.2 Å². The summed E-state index contributed by atoms with van der Waals surface area (Å²) in [6.07, 6.45) is 1.22. The molecule has 0 saturated carbocycles. The van der Waals surface area contributed by atoms with Gasteiger partial charge in [0.15, 0.2) is 0 Å². The van der Waals surface area contributed by atoms with E-state index in [1.165, 1.54) is 23.0 Å². The maximum absolute atomic E-state index is 13.0. The van der Waals surface area contributed by atoms with Crippen LogP contribution in [0, 0.1) is 13.8 Å². The topological polar surface area (TPSA) is 96.3 Å². The molecule has 2 N–H and O–H groups in total. The molecular formula is C22H20N4O3S. The smallest absolute Gasteiger partial charge is 0.280 e. The van der Waals surface area contributed by atoms with E-state index in [1.54, 1.807) is 19.1 Å². The van der Waals surface area contributed by atoms with E-state index < -0.39 is 10.0 Å². The van der Waals surface area contributed by atoms with Crippen LogP contribution < -0.4 is 10.4 Å². The molecule has 0 aliphatic heterocycles. The van der Waals surface area contributed by atoms with E-state index in [1.807, 2.05) is 49.4 Å². The summed E-state index contributed by atoms with van der Waals surface area (Å²) in [5.41, 5.74) is 2.19. The van der Waals surface area contributed by atoms with Crippen molar-refractivity contribution in [3.05, 3.63) is 93.9 Å². The Morgan fingerprint density at radius 2 is 1.67 bits per heavy atom. The Morgan fingerprint density at radius 3 is 2.43 bits per heavy atom. The van der Waals surface area contributed by atoms with Crippen LogP contribution in [0.2, 0.25) is 0 Å². The van der Waals surface area contributed by atoms with Crippen LogP contribution in [0.15, 0.2) is 81.5 Å². The van der Waals surface area contributed by atoms with Gasteiger partial charge in [-0.1, -0.05) is 54.1 Å². The number of aromatic nitrogens is 2. The first-order valence-electron chi connectivity index (χ1n) is 9.28. The quantitative estimate of drug-likeness (QED) is 0.383. The van der Waals surface area contributed by atoms with Crippen LogP contribution in [0.25, 0.3) is 16.5 Å². The average molecular weight is 420 g/mol. The zero-order chi connectivity index (χ0) is 21.3. The second-order valence-electron chi connectivity index (χ2n) is 6.96. The van der Waals surface area contributed by atoms with Gasteiger partial charge in [0.25, 0.3) is 15.6 Å². The Labute approximate surface area is 173 Å². The van der Waals surface area contributed by atoms with Crippen molar-refractivity contribution in [2.75, 3.05) is 0 Å². The molecule has 0 radical (unpaired) electrons. The van der Waals surface area contributed by atoms with E-state index in [4.69, 9.17) is 0 Å². The number of sulfonamides is 1. The molecule has 0 aliphatic rings. The molecule has 0 fully saturated rings. The third-order valence-electron chi connectivity index (χ3n) is 4.82. The highest BCUT2D eigenvalue weighted by atomic mass is 32.2. The fourth-order valence-corrected chi connectivity index (χ4v) is 4.01. The van der Waals surface area contributed by atoms with Crippen LogP contribution in [-0.2, 0) is 10.0 Å². The summed E-state index contributed by atoms with van der Waals surface area (Å²) in [6.45, 7) is 3.61. The minimum absolute atomic E-state index is 0.101. The van der Waals surface area contributed by atoms with E-state index >= 15 is 0 Å². The standard InChI is InChI=1S/C22H20N4O3S/c1-15-10-12-18(13-11-15)30(28,29)25-23-14-20-16(2)24-26(22(20)27)21-9-5-7-17-6-3-4-8-19(17)21/h3-14,24-25H,1-2H3/b23-14+. The van der Waals surface area contributed by atoms with Gasteiger partial charge in [0.2, 0.25) is 0 Å². The molecule has 0 bridgehead atoms. The van der Waals surface area contributed by atoms with Gasteiger partial charge in [-0.2, -0.15) is 13.5 Å². The number of nitrogens with one attached hydrogen (secondary N) is 2. The summed E-state index contributed by atoms with van der Waals surface area (Å²) in [4.78, 5) is 15.2. The minimum atomic E-state index is -3.81. The SMILES string of the molecule is Cc1ccc(S(=O)(=O)N/N=C/c2c(C)[nH]n(-c3cccc4ccccc34)c2=O)cc1. The van der Waals surface area contributed by atoms with Gasteiger partial charge in [-0.05, 0) is 37.4 Å². The average Bonchev–Trinajstić information content (AvgIpc) is 3.01. The number of hydrogen-bond acceptors (Lipinski definition) is 4. The molecule has 4 rings (SSSR count). The van der Waals surface area contributed by atoms with Gasteiger partial charge >= 0.3 is 0 Å². The molecule has 0 atom stereocenters. The van der Waals surface area contributed by atoms with Crippen LogP contribution in [0.3, 0.4) is 0 Å². The molecule has 1 heterocycles. The molecule has 3 aromatic carbocycles. The molecule has 30 heavy (non-hydrogen) atoms. The van der Waals surface area contributed by atoms with Crippen LogP contribution in [0.4, 0.5) is 0 Å². The molecule has 8 heteroatoms. The summed E-state index contributed by atoms with van der Waals surface area (Å²) in [7, 11) is -3.81. The van der Waals surface area contributed by atoms with Gasteiger partial charge < -0.3 is 0 Å². The second-order valence-corrected chi connectivity index (χ2v) is 8.62. The first kappa shape index (κ1) is 19.7. The minimum Gasteiger partial charge on any atom is -0.295 e. The molecule has 4 aromatic rings. The van der Waals surface area contributed by atoms with Gasteiger partial charge in [0.1, 0.15) is 0 Å². The van der Waals surface area contributed by atoms with Crippen molar-refractivity contribution >= 4 is 27.0 Å². The van der Waals surface area contributed by atoms with E-state index in [-0.39, 0.29) is 16.0 Å². The van der Waals surface area contributed by atoms with Gasteiger partial charge in [-0.15, -0.1) is 0 Å². The maximum Gasteiger partial charge on any atom is 0.280 e. The largest absolute Gasteiger partial charge is 0.295 e. The first-order chi connectivity index (χ1) is 14.4. The summed E-state index contributed by atoms with van der Waals surface area (Å²) >= 11 is 0. The maximum atomic E-state index is 13.0. The van der Waals surface area contributed by atoms with Crippen LogP contribution in [0.5, 0.6) is 0 Å². The molecule has 0 saturated heterocycles. The van der Waals surface area contributed by atoms with Gasteiger partial charge in [-0.3, -0.25) is 9.89 Å². The number of benzene rings is 3. The van der Waals surface area contributed by atoms with Crippen molar-refractivity contribution < 1.29 is 8.42 Å². The summed E-state index contributed by atoms with van der Waals surface area (Å²) < 4.78 is 26.2. The van der Waals surface area contributed by atoms with Gasteiger partial charge in [0, 0.05) is 11.1 Å². The summed E-state index contributed by atoms with van der Waals surface area (Å²) in [5.74, 6) is 0. The highest BCUT2D eigenvalue weighted by molar-refractivity contribution is 7.89. The Kier molecular flexibility index (Phi) is 5.01. The fourth-order valence-electron chi connectivity index (χ4n) is 3.21. The highest BCUT2D eigenvalue weighted by Crippen LogP contribution is 2.21. The first-order valence-corrected chi connectivity index (χ1v) is 10.8. The number of rotatable bonds is 5. The van der Waals surface area contributed by atoms with Crippen LogP contribution in [-0.4, -0.2) is 24.4 Å². The number of hydrogen-bond donors (Lipinski definition) is 2. The number of fused-ring (bicyclic) bond motifs is 1. The summed E-state index contributed by atoms with van der Waals surface area (Å²) in [6, 6.07) is 19.9.